The molecule has 1 amide bonds. The number of aromatic nitrogens is 4. The average molecular weight is 449 g/mol. The molecule has 0 saturated heterocycles. The van der Waals surface area contributed by atoms with Crippen LogP contribution < -0.4 is 10.6 Å². The molecular formula is C22H20FN7O3. The molecule has 1 atom stereocenters. The number of hydrogen-bond donors (Lipinski definition) is 2. The van der Waals surface area contributed by atoms with Crippen LogP contribution in [0.25, 0.3) is 17.0 Å². The van der Waals surface area contributed by atoms with Crippen molar-refractivity contribution in [3.05, 3.63) is 60.0 Å². The number of benzene rings is 1. The van der Waals surface area contributed by atoms with E-state index in [1.54, 1.807) is 36.8 Å². The molecule has 1 unspecified atom stereocenters. The molecule has 1 aromatic carbocycles. The van der Waals surface area contributed by atoms with E-state index < -0.39 is 11.7 Å². The highest BCUT2D eigenvalue weighted by atomic mass is 19.1. The zero-order valence-corrected chi connectivity index (χ0v) is 18.1. The monoisotopic (exact) mass is 449 g/mol. The van der Waals surface area contributed by atoms with Crippen molar-refractivity contribution in [3.8, 4) is 11.3 Å². The third-order valence-electron chi connectivity index (χ3n) is 4.98. The highest BCUT2D eigenvalue weighted by Gasteiger charge is 2.18. The Morgan fingerprint density at radius 3 is 2.79 bits per heavy atom. The summed E-state index contributed by atoms with van der Waals surface area (Å²) in [6.07, 6.45) is 5.03. The van der Waals surface area contributed by atoms with Gasteiger partial charge >= 0.3 is 0 Å². The Bertz CT molecular complexity index is 1410. The molecular weight excluding hydrogens is 429 g/mol. The molecule has 0 radical (unpaired) electrons. The quantitative estimate of drug-likeness (QED) is 0.489. The second-order valence-corrected chi connectivity index (χ2v) is 7.67. The maximum absolute atomic E-state index is 14.6. The minimum Gasteiger partial charge on any atom is -0.460 e. The van der Waals surface area contributed by atoms with E-state index >= 15 is 0 Å². The van der Waals surface area contributed by atoms with Gasteiger partial charge < -0.3 is 19.8 Å². The largest absolute Gasteiger partial charge is 0.460 e. The minimum absolute atomic E-state index is 0.0248. The summed E-state index contributed by atoms with van der Waals surface area (Å²) in [6, 6.07) is 4.67. The van der Waals surface area contributed by atoms with Gasteiger partial charge in [-0.05, 0) is 32.0 Å². The van der Waals surface area contributed by atoms with Crippen LogP contribution >= 0.6 is 0 Å². The van der Waals surface area contributed by atoms with E-state index in [1.807, 2.05) is 6.92 Å². The van der Waals surface area contributed by atoms with Crippen molar-refractivity contribution in [2.24, 2.45) is 4.99 Å². The normalized spacial score (nSPS) is 15.4. The molecule has 0 saturated carbocycles. The number of fused-ring (bicyclic) bond motifs is 1. The fourth-order valence-corrected chi connectivity index (χ4v) is 3.48. The number of rotatable bonds is 4. The molecule has 11 heteroatoms. The smallest absolute Gasteiger partial charge is 0.293 e. The second kappa shape index (κ2) is 8.01. The van der Waals surface area contributed by atoms with Crippen LogP contribution in [0.2, 0.25) is 0 Å². The first kappa shape index (κ1) is 20.6. The Labute approximate surface area is 187 Å². The molecule has 0 aliphatic carbocycles. The maximum Gasteiger partial charge on any atom is 0.293 e. The van der Waals surface area contributed by atoms with Crippen molar-refractivity contribution < 1.29 is 18.3 Å². The molecule has 5 rings (SSSR count). The molecule has 0 bridgehead atoms. The minimum atomic E-state index is -0.482. The van der Waals surface area contributed by atoms with Crippen molar-refractivity contribution in [1.29, 1.82) is 0 Å². The predicted octanol–water partition coefficient (Wildman–Crippen LogP) is 3.58. The first-order chi connectivity index (χ1) is 15.9. The number of aryl methyl sites for hydroxylation is 2. The van der Waals surface area contributed by atoms with Crippen molar-refractivity contribution in [3.63, 3.8) is 0 Å². The molecule has 168 valence electrons. The summed E-state index contributed by atoms with van der Waals surface area (Å²) in [6.45, 7) is 5.86. The van der Waals surface area contributed by atoms with Crippen LogP contribution in [0.3, 0.4) is 0 Å². The highest BCUT2D eigenvalue weighted by molar-refractivity contribution is 6.03. The van der Waals surface area contributed by atoms with Crippen LogP contribution in [-0.4, -0.2) is 43.9 Å². The van der Waals surface area contributed by atoms with Crippen LogP contribution in [0.5, 0.6) is 0 Å². The average Bonchev–Trinajstić information content (AvgIpc) is 3.47. The Morgan fingerprint density at radius 2 is 2.06 bits per heavy atom. The Balaban J connectivity index is 1.40. The van der Waals surface area contributed by atoms with E-state index in [9.17, 15) is 9.18 Å². The molecule has 4 aromatic rings. The molecule has 33 heavy (non-hydrogen) atoms. The number of amidine groups is 1. The molecule has 0 spiro atoms. The van der Waals surface area contributed by atoms with Crippen LogP contribution in [0.1, 0.15) is 29.1 Å². The van der Waals surface area contributed by atoms with Gasteiger partial charge in [0.2, 0.25) is 11.5 Å². The lowest BCUT2D eigenvalue weighted by Crippen LogP contribution is -2.16. The number of imidazole rings is 1. The summed E-state index contributed by atoms with van der Waals surface area (Å²) in [5.74, 6) is -0.0569. The first-order valence-electron chi connectivity index (χ1n) is 10.2. The van der Waals surface area contributed by atoms with Gasteiger partial charge in [0, 0.05) is 30.6 Å². The van der Waals surface area contributed by atoms with E-state index in [-0.39, 0.29) is 17.4 Å². The summed E-state index contributed by atoms with van der Waals surface area (Å²) >= 11 is 0. The lowest BCUT2D eigenvalue weighted by Gasteiger charge is -2.07. The van der Waals surface area contributed by atoms with Gasteiger partial charge in [0.15, 0.2) is 5.89 Å². The van der Waals surface area contributed by atoms with Gasteiger partial charge in [-0.15, -0.1) is 0 Å². The van der Waals surface area contributed by atoms with Gasteiger partial charge in [0.05, 0.1) is 29.8 Å². The number of oxazole rings is 1. The fraction of sp³-hybridized carbons (Fsp3) is 0.227. The number of ether oxygens (including phenoxy) is 1. The lowest BCUT2D eigenvalue weighted by molar-refractivity contribution is 0.0994. The summed E-state index contributed by atoms with van der Waals surface area (Å²) in [4.78, 5) is 29.6. The number of carbonyl (C=O) groups excluding carboxylic acids is 1. The van der Waals surface area contributed by atoms with Crippen LogP contribution in [0.4, 0.5) is 15.8 Å². The van der Waals surface area contributed by atoms with Crippen molar-refractivity contribution in [2.75, 3.05) is 17.2 Å². The van der Waals surface area contributed by atoms with Crippen molar-refractivity contribution in [2.45, 2.75) is 26.9 Å². The summed E-state index contributed by atoms with van der Waals surface area (Å²) in [5.41, 5.74) is 2.10. The molecule has 1 aliphatic rings. The van der Waals surface area contributed by atoms with Gasteiger partial charge in [-0.1, -0.05) is 0 Å². The van der Waals surface area contributed by atoms with Crippen LogP contribution in [-0.2, 0) is 4.74 Å². The molecule has 2 N–H and O–H groups in total. The Morgan fingerprint density at radius 1 is 1.21 bits per heavy atom. The number of nitrogens with one attached hydrogen (secondary N) is 2. The molecule has 0 fully saturated rings. The summed E-state index contributed by atoms with van der Waals surface area (Å²) in [5, 5.41) is 5.77. The van der Waals surface area contributed by atoms with Crippen molar-refractivity contribution >= 4 is 29.1 Å². The number of amides is 1. The summed E-state index contributed by atoms with van der Waals surface area (Å²) in [7, 11) is 0. The number of anilines is 2. The number of halogens is 1. The van der Waals surface area contributed by atoms with Gasteiger partial charge in [0.25, 0.3) is 11.9 Å². The van der Waals surface area contributed by atoms with E-state index in [0.29, 0.717) is 47.0 Å². The number of carbonyl (C=O) groups is 1. The third kappa shape index (κ3) is 4.12. The van der Waals surface area contributed by atoms with Gasteiger partial charge in [-0.3, -0.25) is 9.20 Å². The predicted molar refractivity (Wildman–Crippen MR) is 119 cm³/mol. The van der Waals surface area contributed by atoms with Crippen LogP contribution in [0.15, 0.2) is 46.2 Å². The molecule has 4 heterocycles. The lowest BCUT2D eigenvalue weighted by atomic mass is 10.1. The SMILES string of the molecule is Cc1nc(C)c(C(=O)Nc2ccc(F)c(-c3cn4cc(NC5=NCC(C)O5)cnc4n3)c2)o1. The second-order valence-electron chi connectivity index (χ2n) is 7.67. The highest BCUT2D eigenvalue weighted by Crippen LogP contribution is 2.26. The third-order valence-corrected chi connectivity index (χ3v) is 4.98. The maximum atomic E-state index is 14.6. The number of aliphatic imine (C=N–C) groups is 1. The van der Waals surface area contributed by atoms with Gasteiger partial charge in [-0.2, -0.15) is 0 Å². The number of nitrogens with zero attached hydrogens (tertiary/aromatic N) is 5. The first-order valence-corrected chi connectivity index (χ1v) is 10.2. The van der Waals surface area contributed by atoms with E-state index in [2.05, 4.69) is 30.6 Å². The molecule has 1 aliphatic heterocycles. The Kier molecular flexibility index (Phi) is 5.00. The Hall–Kier alpha value is -4.28. The van der Waals surface area contributed by atoms with Crippen molar-refractivity contribution in [1.82, 2.24) is 19.4 Å². The number of hydrogen-bond acceptors (Lipinski definition) is 8. The van der Waals surface area contributed by atoms with E-state index in [4.69, 9.17) is 9.15 Å². The molecule has 10 nitrogen and oxygen atoms in total. The summed E-state index contributed by atoms with van der Waals surface area (Å²) < 4.78 is 27.2. The zero-order chi connectivity index (χ0) is 23.1. The van der Waals surface area contributed by atoms with Crippen LogP contribution in [0, 0.1) is 19.7 Å². The van der Waals surface area contributed by atoms with Gasteiger partial charge in [-0.25, -0.2) is 24.3 Å². The standard InChI is InChI=1S/C22H20FN7O3/c1-11-7-25-22(32-11)28-15-8-24-21-29-18(10-30(21)9-15)16-6-14(4-5-17(16)23)27-20(31)19-12(2)26-13(3)33-19/h4-6,8-11H,7H2,1-3H3,(H,25,28)(H,27,31). The molecule has 3 aromatic heterocycles. The fourth-order valence-electron chi connectivity index (χ4n) is 3.48. The zero-order valence-electron chi connectivity index (χ0n) is 18.1. The van der Waals surface area contributed by atoms with E-state index in [1.165, 1.54) is 18.2 Å². The topological polar surface area (TPSA) is 119 Å². The van der Waals surface area contributed by atoms with Gasteiger partial charge in [0.1, 0.15) is 11.9 Å². The van der Waals surface area contributed by atoms with E-state index in [0.717, 1.165) is 0 Å².